The summed E-state index contributed by atoms with van der Waals surface area (Å²) in [4.78, 5) is 27.9. The first-order chi connectivity index (χ1) is 13.7. The van der Waals surface area contributed by atoms with E-state index in [1.165, 1.54) is 0 Å². The molecule has 2 aromatic carbocycles. The zero-order valence-corrected chi connectivity index (χ0v) is 19.2. The molecule has 5 nitrogen and oxygen atoms in total. The van der Waals surface area contributed by atoms with Gasteiger partial charge in [0.15, 0.2) is 9.02 Å². The number of Topliss-reactive ketones (excluding diaryl/α,β-unsaturated/α-hetero) is 1. The van der Waals surface area contributed by atoms with Crippen LogP contribution in [0.1, 0.15) is 27.9 Å². The Morgan fingerprint density at radius 1 is 1.24 bits per heavy atom. The second-order valence-electron chi connectivity index (χ2n) is 7.91. The summed E-state index contributed by atoms with van der Waals surface area (Å²) in [6.07, 6.45) is 1.28. The number of hydrogen-bond donors (Lipinski definition) is 2. The summed E-state index contributed by atoms with van der Waals surface area (Å²) in [5.74, 6) is -0.167. The maximum Gasteiger partial charge on any atom is 0.376 e. The van der Waals surface area contributed by atoms with Crippen molar-refractivity contribution in [2.24, 2.45) is 5.41 Å². The van der Waals surface area contributed by atoms with Gasteiger partial charge in [-0.25, -0.2) is 0 Å². The molecule has 150 valence electrons. The molecule has 2 heterocycles. The van der Waals surface area contributed by atoms with Crippen molar-refractivity contribution in [1.29, 1.82) is 0 Å². The summed E-state index contributed by atoms with van der Waals surface area (Å²) < 4.78 is -1.03. The van der Waals surface area contributed by atoms with Crippen LogP contribution in [-0.4, -0.2) is 41.7 Å². The van der Waals surface area contributed by atoms with Crippen LogP contribution in [0.2, 0.25) is 6.82 Å². The molecule has 2 aromatic rings. The van der Waals surface area contributed by atoms with Gasteiger partial charge in [-0.15, -0.1) is 0 Å². The molecule has 1 saturated heterocycles. The molecule has 0 radical (unpaired) electrons. The third-order valence-corrected chi connectivity index (χ3v) is 7.51. The number of hydrogen-bond acceptors (Lipinski definition) is 4. The largest absolute Gasteiger partial charge is 0.437 e. The van der Waals surface area contributed by atoms with Gasteiger partial charge in [0.1, 0.15) is 0 Å². The van der Waals surface area contributed by atoms with Crippen molar-refractivity contribution in [2.75, 3.05) is 18.4 Å². The normalized spacial score (nSPS) is 23.0. The van der Waals surface area contributed by atoms with Crippen LogP contribution in [0.3, 0.4) is 0 Å². The second-order valence-corrected chi connectivity index (χ2v) is 11.4. The molecule has 8 heteroatoms. The third-order valence-electron chi connectivity index (χ3n) is 5.93. The van der Waals surface area contributed by atoms with Gasteiger partial charge in [-0.3, -0.25) is 9.59 Å². The Morgan fingerprint density at radius 3 is 2.62 bits per heavy atom. The minimum atomic E-state index is -1.03. The maximum atomic E-state index is 13.8. The van der Waals surface area contributed by atoms with Gasteiger partial charge in [0.25, 0.3) is 5.91 Å². The molecule has 2 aliphatic heterocycles. The van der Waals surface area contributed by atoms with E-state index in [0.29, 0.717) is 42.7 Å². The van der Waals surface area contributed by atoms with Crippen molar-refractivity contribution in [2.45, 2.75) is 22.9 Å². The fourth-order valence-electron chi connectivity index (χ4n) is 4.30. The highest BCUT2D eigenvalue weighted by Gasteiger charge is 2.47. The number of carbonyl (C=O) groups is 2. The molecule has 0 bridgehead atoms. The zero-order valence-electron chi connectivity index (χ0n) is 16.0. The Hall–Kier alpha value is -1.48. The molecule has 29 heavy (non-hydrogen) atoms. The zero-order chi connectivity index (χ0) is 20.8. The number of anilines is 1. The van der Waals surface area contributed by atoms with E-state index < -0.39 is 15.7 Å². The van der Waals surface area contributed by atoms with Gasteiger partial charge in [0.05, 0.1) is 5.41 Å². The molecule has 2 N–H and O–H groups in total. The molecule has 0 spiro atoms. The topological polar surface area (TPSA) is 69.6 Å². The molecule has 0 aliphatic carbocycles. The lowest BCUT2D eigenvalue weighted by Crippen LogP contribution is -2.41. The average molecular weight is 520 g/mol. The van der Waals surface area contributed by atoms with Crippen LogP contribution in [-0.2, 0) is 14.4 Å². The van der Waals surface area contributed by atoms with Gasteiger partial charge >= 0.3 is 7.05 Å². The van der Waals surface area contributed by atoms with Gasteiger partial charge in [-0.2, -0.15) is 0 Å². The summed E-state index contributed by atoms with van der Waals surface area (Å²) in [7, 11) is -0.597. The Labute approximate surface area is 187 Å². The Kier molecular flexibility index (Phi) is 5.48. The van der Waals surface area contributed by atoms with Crippen molar-refractivity contribution in [3.63, 3.8) is 0 Å². The van der Waals surface area contributed by atoms with Crippen molar-refractivity contribution < 1.29 is 14.6 Å². The molecule has 0 saturated carbocycles. The molecule has 1 fully saturated rings. The predicted octanol–water partition coefficient (Wildman–Crippen LogP) is 3.81. The molecule has 1 atom stereocenters. The lowest BCUT2D eigenvalue weighted by atomic mass is 9.74. The molecule has 1 amide bonds. The summed E-state index contributed by atoms with van der Waals surface area (Å²) in [6, 6.07) is 15.3. The van der Waals surface area contributed by atoms with Gasteiger partial charge in [0.2, 0.25) is 0 Å². The lowest BCUT2D eigenvalue weighted by Gasteiger charge is -2.29. The third kappa shape index (κ3) is 3.72. The summed E-state index contributed by atoms with van der Waals surface area (Å²) in [5.41, 5.74) is 2.45. The number of rotatable bonds is 5. The SMILES string of the molecule is CB(O)N1CCC(Cc2ccccc2)(C(=O)c2ccc3c(c2)C(Br)(Br)C(=O)N3)C1. The number of nitrogens with one attached hydrogen (secondary N) is 1. The quantitative estimate of drug-likeness (QED) is 0.358. The van der Waals surface area contributed by atoms with Crippen LogP contribution in [0, 0.1) is 5.41 Å². The second kappa shape index (κ2) is 7.65. The number of halogens is 2. The lowest BCUT2D eigenvalue weighted by molar-refractivity contribution is -0.115. The van der Waals surface area contributed by atoms with Gasteiger partial charge in [-0.1, -0.05) is 62.2 Å². The van der Waals surface area contributed by atoms with E-state index in [2.05, 4.69) is 37.2 Å². The molecule has 0 aromatic heterocycles. The summed E-state index contributed by atoms with van der Waals surface area (Å²) in [6.45, 7) is 2.91. The van der Waals surface area contributed by atoms with Crippen LogP contribution >= 0.6 is 31.9 Å². The molecule has 2 aliphatic rings. The van der Waals surface area contributed by atoms with Crippen molar-refractivity contribution in [3.8, 4) is 0 Å². The first-order valence-electron chi connectivity index (χ1n) is 9.58. The van der Waals surface area contributed by atoms with Gasteiger partial charge in [-0.05, 0) is 50.0 Å². The number of nitrogens with zero attached hydrogens (tertiary/aromatic N) is 1. The monoisotopic (exact) mass is 518 g/mol. The number of alkyl halides is 2. The fraction of sp³-hybridized carbons (Fsp3) is 0.333. The van der Waals surface area contributed by atoms with E-state index in [1.54, 1.807) is 25.0 Å². The number of benzene rings is 2. The van der Waals surface area contributed by atoms with Crippen LogP contribution in [0.15, 0.2) is 48.5 Å². The molecule has 4 rings (SSSR count). The van der Waals surface area contributed by atoms with E-state index >= 15 is 0 Å². The predicted molar refractivity (Wildman–Crippen MR) is 122 cm³/mol. The number of carbonyl (C=O) groups excluding carboxylic acids is 2. The number of ketones is 1. The van der Waals surface area contributed by atoms with Crippen LogP contribution in [0.25, 0.3) is 0 Å². The molecular formula is C21H21BBr2N2O3. The minimum absolute atomic E-state index is 0.0439. The van der Waals surface area contributed by atoms with E-state index in [0.717, 1.165) is 5.56 Å². The fourth-order valence-corrected chi connectivity index (χ4v) is 5.16. The van der Waals surface area contributed by atoms with Crippen LogP contribution in [0.5, 0.6) is 0 Å². The van der Waals surface area contributed by atoms with Crippen molar-refractivity contribution in [1.82, 2.24) is 4.81 Å². The van der Waals surface area contributed by atoms with Gasteiger partial charge in [0, 0.05) is 23.4 Å². The number of amides is 1. The first kappa shape index (κ1) is 20.8. The smallest absolute Gasteiger partial charge is 0.376 e. The van der Waals surface area contributed by atoms with E-state index in [9.17, 15) is 14.6 Å². The highest BCUT2D eigenvalue weighted by atomic mass is 79.9. The summed E-state index contributed by atoms with van der Waals surface area (Å²) in [5, 5.41) is 12.9. The standard InChI is InChI=1S/C21H21BBr2N2O3/c1-22(29)26-10-9-20(13-26,12-14-5-3-2-4-6-14)18(27)15-7-8-17-16(11-15)21(23,24)19(28)25-17/h2-8,11,29H,9-10,12-13H2,1H3,(H,25,28). The Bertz CT molecular complexity index is 968. The van der Waals surface area contributed by atoms with E-state index in [-0.39, 0.29) is 11.7 Å². The van der Waals surface area contributed by atoms with Crippen molar-refractivity contribution >= 4 is 56.3 Å². The van der Waals surface area contributed by atoms with E-state index in [4.69, 9.17) is 0 Å². The summed E-state index contributed by atoms with van der Waals surface area (Å²) >= 11 is 6.84. The highest BCUT2D eigenvalue weighted by Crippen LogP contribution is 2.48. The molecular weight excluding hydrogens is 499 g/mol. The van der Waals surface area contributed by atoms with Crippen LogP contribution < -0.4 is 5.32 Å². The van der Waals surface area contributed by atoms with E-state index in [1.807, 2.05) is 35.1 Å². The van der Waals surface area contributed by atoms with Crippen molar-refractivity contribution in [3.05, 3.63) is 65.2 Å². The molecule has 1 unspecified atom stereocenters. The maximum absolute atomic E-state index is 13.8. The van der Waals surface area contributed by atoms with Gasteiger partial charge < -0.3 is 15.2 Å². The highest BCUT2D eigenvalue weighted by molar-refractivity contribution is 9.25. The average Bonchev–Trinajstić information content (AvgIpc) is 3.22. The Morgan fingerprint density at radius 2 is 1.97 bits per heavy atom. The number of fused-ring (bicyclic) bond motifs is 1. The van der Waals surface area contributed by atoms with Crippen LogP contribution in [0.4, 0.5) is 5.69 Å². The first-order valence-corrected chi connectivity index (χ1v) is 11.2. The Balaban J connectivity index is 1.72. The minimum Gasteiger partial charge on any atom is -0.437 e.